The first-order chi connectivity index (χ1) is 11.3. The van der Waals surface area contributed by atoms with Crippen molar-refractivity contribution >= 4 is 18.4 Å². The molecule has 0 radical (unpaired) electrons. The molecule has 1 heteroatoms. The van der Waals surface area contributed by atoms with E-state index < -0.39 is 8.07 Å². The largest absolute Gasteiger partial charge is 0.118 e. The molecule has 2 aromatic carbocycles. The Labute approximate surface area is 140 Å². The van der Waals surface area contributed by atoms with Crippen LogP contribution in [0.4, 0.5) is 0 Å². The van der Waals surface area contributed by atoms with Crippen molar-refractivity contribution in [3.05, 3.63) is 85.0 Å². The number of allylic oxidation sites excluding steroid dienone is 4. The normalized spacial score (nSPS) is 26.2. The quantitative estimate of drug-likeness (QED) is 0.736. The highest BCUT2D eigenvalue weighted by molar-refractivity contribution is 7.02. The second-order valence-electron chi connectivity index (χ2n) is 7.20. The predicted molar refractivity (Wildman–Crippen MR) is 102 cm³/mol. The van der Waals surface area contributed by atoms with Gasteiger partial charge in [-0.25, -0.2) is 0 Å². The van der Waals surface area contributed by atoms with Crippen molar-refractivity contribution in [3.63, 3.8) is 0 Å². The lowest BCUT2D eigenvalue weighted by atomic mass is 9.92. The molecule has 4 rings (SSSR count). The van der Waals surface area contributed by atoms with Gasteiger partial charge in [0.2, 0.25) is 0 Å². The Morgan fingerprint density at radius 1 is 0.696 bits per heavy atom. The molecule has 2 aromatic rings. The summed E-state index contributed by atoms with van der Waals surface area (Å²) in [6, 6.07) is 22.6. The lowest BCUT2D eigenvalue weighted by Gasteiger charge is -2.35. The minimum absolute atomic E-state index is 0.754. The van der Waals surface area contributed by atoms with E-state index in [1.807, 2.05) is 0 Å². The van der Waals surface area contributed by atoms with E-state index in [0.29, 0.717) is 0 Å². The summed E-state index contributed by atoms with van der Waals surface area (Å²) in [6.45, 7) is 2.59. The second kappa shape index (κ2) is 5.97. The molecule has 0 aromatic heterocycles. The highest BCUT2D eigenvalue weighted by atomic mass is 28.3. The van der Waals surface area contributed by atoms with E-state index in [0.717, 1.165) is 17.4 Å². The smallest absolute Gasteiger partial charge is 0.0808 e. The zero-order chi connectivity index (χ0) is 15.7. The van der Waals surface area contributed by atoms with Gasteiger partial charge in [0.15, 0.2) is 0 Å². The maximum Gasteiger partial charge on any atom is 0.118 e. The summed E-state index contributed by atoms with van der Waals surface area (Å²) in [7, 11) is -1.72. The molecule has 2 atom stereocenters. The van der Waals surface area contributed by atoms with Crippen LogP contribution in [0.5, 0.6) is 0 Å². The molecule has 2 aliphatic rings. The molecule has 1 saturated carbocycles. The minimum Gasteiger partial charge on any atom is -0.0808 e. The average molecular weight is 317 g/mol. The van der Waals surface area contributed by atoms with Crippen LogP contribution in [-0.2, 0) is 0 Å². The number of rotatable bonds is 3. The van der Waals surface area contributed by atoms with Gasteiger partial charge < -0.3 is 0 Å². The first kappa shape index (κ1) is 14.7. The zero-order valence-electron chi connectivity index (χ0n) is 13.7. The molecule has 0 nitrogen and oxygen atoms in total. The Balaban J connectivity index is 1.78. The third-order valence-electron chi connectivity index (χ3n) is 6.05. The van der Waals surface area contributed by atoms with Crippen molar-refractivity contribution < 1.29 is 0 Å². The van der Waals surface area contributed by atoms with Crippen LogP contribution in [0.2, 0.25) is 12.1 Å². The van der Waals surface area contributed by atoms with Gasteiger partial charge in [0.25, 0.3) is 0 Å². The molecule has 0 amide bonds. The molecule has 0 aliphatic heterocycles. The molecule has 0 N–H and O–H groups in total. The number of hydrogen-bond donors (Lipinski definition) is 0. The fraction of sp³-hybridized carbons (Fsp3) is 0.273. The van der Waals surface area contributed by atoms with Crippen LogP contribution >= 0.6 is 0 Å². The lowest BCUT2D eigenvalue weighted by molar-refractivity contribution is 0.552. The summed E-state index contributed by atoms with van der Waals surface area (Å²) in [5.74, 6) is 1.51. The molecule has 2 unspecified atom stereocenters. The fourth-order valence-corrected chi connectivity index (χ4v) is 9.17. The Morgan fingerprint density at radius 3 is 1.57 bits per heavy atom. The summed E-state index contributed by atoms with van der Waals surface area (Å²) in [6.07, 6.45) is 12.1. The van der Waals surface area contributed by atoms with Crippen LogP contribution in [0.3, 0.4) is 0 Å². The molecule has 0 bridgehead atoms. The molecule has 0 heterocycles. The van der Waals surface area contributed by atoms with E-state index in [1.165, 1.54) is 12.8 Å². The zero-order valence-corrected chi connectivity index (χ0v) is 14.7. The van der Waals surface area contributed by atoms with Crippen LogP contribution in [-0.4, -0.2) is 8.07 Å². The highest BCUT2D eigenvalue weighted by Crippen LogP contribution is 2.47. The van der Waals surface area contributed by atoms with E-state index in [1.54, 1.807) is 10.4 Å². The monoisotopic (exact) mass is 316 g/mol. The Morgan fingerprint density at radius 2 is 1.13 bits per heavy atom. The summed E-state index contributed by atoms with van der Waals surface area (Å²) in [4.78, 5) is 0. The molecule has 116 valence electrons. The van der Waals surface area contributed by atoms with E-state index >= 15 is 0 Å². The van der Waals surface area contributed by atoms with Crippen molar-refractivity contribution in [2.45, 2.75) is 24.9 Å². The lowest BCUT2D eigenvalue weighted by Crippen LogP contribution is -2.58. The van der Waals surface area contributed by atoms with Gasteiger partial charge in [0.05, 0.1) is 0 Å². The average Bonchev–Trinajstić information content (AvgIpc) is 3.07. The summed E-state index contributed by atoms with van der Waals surface area (Å²) < 4.78 is 0. The van der Waals surface area contributed by atoms with Gasteiger partial charge in [-0.1, -0.05) is 102 Å². The number of benzene rings is 2. The van der Waals surface area contributed by atoms with Gasteiger partial charge >= 0.3 is 0 Å². The summed E-state index contributed by atoms with van der Waals surface area (Å²) >= 11 is 0. The van der Waals surface area contributed by atoms with E-state index in [9.17, 15) is 0 Å². The standard InChI is InChI=1S/C22H24Si/c1-23(20-12-4-2-5-13-20,21-14-6-3-7-15-21)22-16-18-10-8-9-11-19(18)17-22/h2-15,18-19,22H,16-17H2,1H3. The van der Waals surface area contributed by atoms with E-state index in [4.69, 9.17) is 0 Å². The third-order valence-corrected chi connectivity index (χ3v) is 11.2. The highest BCUT2D eigenvalue weighted by Gasteiger charge is 2.46. The molecular weight excluding hydrogens is 292 g/mol. The SMILES string of the molecule is C[Si](c1ccccc1)(c1ccccc1)C1CC2C=CC=CC2C1. The van der Waals surface area contributed by atoms with Gasteiger partial charge in [0, 0.05) is 0 Å². The summed E-state index contributed by atoms with van der Waals surface area (Å²) in [5.41, 5.74) is 0.815. The minimum atomic E-state index is -1.72. The van der Waals surface area contributed by atoms with Crippen molar-refractivity contribution in [3.8, 4) is 0 Å². The van der Waals surface area contributed by atoms with Crippen LogP contribution < -0.4 is 10.4 Å². The maximum absolute atomic E-state index is 2.59. The second-order valence-corrected chi connectivity index (χ2v) is 11.6. The van der Waals surface area contributed by atoms with Crippen LogP contribution in [0.1, 0.15) is 12.8 Å². The van der Waals surface area contributed by atoms with Gasteiger partial charge in [-0.15, -0.1) is 0 Å². The molecule has 1 fully saturated rings. The predicted octanol–water partition coefficient (Wildman–Crippen LogP) is 4.40. The van der Waals surface area contributed by atoms with Gasteiger partial charge in [-0.3, -0.25) is 0 Å². The van der Waals surface area contributed by atoms with Crippen molar-refractivity contribution in [2.75, 3.05) is 0 Å². The van der Waals surface area contributed by atoms with Crippen LogP contribution in [0, 0.1) is 11.8 Å². The van der Waals surface area contributed by atoms with Crippen molar-refractivity contribution in [1.82, 2.24) is 0 Å². The van der Waals surface area contributed by atoms with E-state index in [-0.39, 0.29) is 0 Å². The topological polar surface area (TPSA) is 0 Å². The maximum atomic E-state index is 2.59. The molecular formula is C22H24Si. The van der Waals surface area contributed by atoms with Crippen molar-refractivity contribution in [1.29, 1.82) is 0 Å². The Kier molecular flexibility index (Phi) is 3.82. The van der Waals surface area contributed by atoms with Crippen molar-refractivity contribution in [2.24, 2.45) is 11.8 Å². The molecule has 0 spiro atoms. The number of fused-ring (bicyclic) bond motifs is 1. The molecule has 23 heavy (non-hydrogen) atoms. The Bertz CT molecular complexity index is 655. The third kappa shape index (κ3) is 2.53. The Hall–Kier alpha value is -1.86. The fourth-order valence-electron chi connectivity index (χ4n) is 4.64. The van der Waals surface area contributed by atoms with Gasteiger partial charge in [0.1, 0.15) is 8.07 Å². The van der Waals surface area contributed by atoms with E-state index in [2.05, 4.69) is 91.5 Å². The molecule has 0 saturated heterocycles. The van der Waals surface area contributed by atoms with Gasteiger partial charge in [-0.2, -0.15) is 0 Å². The number of hydrogen-bond acceptors (Lipinski definition) is 0. The summed E-state index contributed by atoms with van der Waals surface area (Å²) in [5, 5.41) is 3.17. The van der Waals surface area contributed by atoms with Gasteiger partial charge in [-0.05, 0) is 30.2 Å². The first-order valence-corrected chi connectivity index (χ1v) is 11.3. The molecule has 2 aliphatic carbocycles. The van der Waals surface area contributed by atoms with Crippen LogP contribution in [0.15, 0.2) is 85.0 Å². The van der Waals surface area contributed by atoms with Crippen LogP contribution in [0.25, 0.3) is 0 Å². The first-order valence-electron chi connectivity index (χ1n) is 8.74.